The minimum absolute atomic E-state index is 0. The molecule has 0 aliphatic carbocycles. The lowest BCUT2D eigenvalue weighted by Crippen LogP contribution is -2.25. The van der Waals surface area contributed by atoms with Gasteiger partial charge in [0.1, 0.15) is 5.75 Å². The number of anilines is 1. The van der Waals surface area contributed by atoms with Crippen LogP contribution in [0.5, 0.6) is 5.75 Å². The molecule has 1 aromatic heterocycles. The number of ether oxygens (including phenoxy) is 1. The predicted octanol–water partition coefficient (Wildman–Crippen LogP) is 3.54. The third-order valence-electron chi connectivity index (χ3n) is 4.82. The van der Waals surface area contributed by atoms with E-state index in [0.29, 0.717) is 43.6 Å². The summed E-state index contributed by atoms with van der Waals surface area (Å²) in [6.07, 6.45) is 0.328. The molecule has 2 aromatic carbocycles. The van der Waals surface area contributed by atoms with Gasteiger partial charge in [0.15, 0.2) is 0 Å². The van der Waals surface area contributed by atoms with Crippen molar-refractivity contribution >= 4 is 24.0 Å². The first-order valence-electron chi connectivity index (χ1n) is 9.34. The molecule has 1 atom stereocenters. The molecule has 0 saturated carbocycles. The van der Waals surface area contributed by atoms with E-state index in [4.69, 9.17) is 15.0 Å². The molecule has 1 saturated heterocycles. The van der Waals surface area contributed by atoms with Crippen molar-refractivity contribution in [3.05, 3.63) is 60.0 Å². The highest BCUT2D eigenvalue weighted by Gasteiger charge is 2.36. The molecule has 8 heteroatoms. The Labute approximate surface area is 175 Å². The zero-order valence-electron chi connectivity index (χ0n) is 16.1. The third kappa shape index (κ3) is 4.26. The molecule has 7 nitrogen and oxygen atoms in total. The van der Waals surface area contributed by atoms with E-state index in [1.54, 1.807) is 4.90 Å². The zero-order valence-corrected chi connectivity index (χ0v) is 16.9. The van der Waals surface area contributed by atoms with E-state index in [2.05, 4.69) is 10.1 Å². The molecule has 1 fully saturated rings. The number of halogens is 1. The summed E-state index contributed by atoms with van der Waals surface area (Å²) in [5, 5.41) is 4.08. The van der Waals surface area contributed by atoms with Crippen LogP contribution in [0.15, 0.2) is 53.1 Å². The van der Waals surface area contributed by atoms with Crippen LogP contribution in [-0.2, 0) is 11.3 Å². The number of hydrogen-bond acceptors (Lipinski definition) is 6. The SMILES string of the molecule is CCOc1ccccc1N1CC(c2nc(-c3ccc(CN)cc3)no2)CC1=O.Cl. The Kier molecular flexibility index (Phi) is 6.51. The summed E-state index contributed by atoms with van der Waals surface area (Å²) < 4.78 is 11.1. The summed E-state index contributed by atoms with van der Waals surface area (Å²) in [7, 11) is 0. The fourth-order valence-corrected chi connectivity index (χ4v) is 3.37. The first-order chi connectivity index (χ1) is 13.7. The van der Waals surface area contributed by atoms with Crippen molar-refractivity contribution in [2.24, 2.45) is 5.73 Å². The summed E-state index contributed by atoms with van der Waals surface area (Å²) in [5.74, 6) is 1.56. The van der Waals surface area contributed by atoms with Crippen molar-refractivity contribution in [1.82, 2.24) is 10.1 Å². The average Bonchev–Trinajstić information content (AvgIpc) is 3.36. The van der Waals surface area contributed by atoms with Crippen LogP contribution in [0.25, 0.3) is 11.4 Å². The fraction of sp³-hybridized carbons (Fsp3) is 0.286. The van der Waals surface area contributed by atoms with E-state index in [9.17, 15) is 4.79 Å². The average molecular weight is 415 g/mol. The van der Waals surface area contributed by atoms with Crippen LogP contribution in [0, 0.1) is 0 Å². The lowest BCUT2D eigenvalue weighted by molar-refractivity contribution is -0.117. The van der Waals surface area contributed by atoms with Gasteiger partial charge in [-0.2, -0.15) is 4.98 Å². The number of carbonyl (C=O) groups is 1. The van der Waals surface area contributed by atoms with Gasteiger partial charge in [0, 0.05) is 25.1 Å². The normalized spacial score (nSPS) is 16.0. The largest absolute Gasteiger partial charge is 0.492 e. The number of amides is 1. The van der Waals surface area contributed by atoms with Crippen molar-refractivity contribution in [2.75, 3.05) is 18.1 Å². The number of hydrogen-bond donors (Lipinski definition) is 1. The topological polar surface area (TPSA) is 94.5 Å². The quantitative estimate of drug-likeness (QED) is 0.663. The molecule has 2 N–H and O–H groups in total. The lowest BCUT2D eigenvalue weighted by atomic mass is 10.1. The van der Waals surface area contributed by atoms with E-state index < -0.39 is 0 Å². The van der Waals surface area contributed by atoms with Gasteiger partial charge in [0.25, 0.3) is 0 Å². The van der Waals surface area contributed by atoms with Crippen LogP contribution >= 0.6 is 12.4 Å². The van der Waals surface area contributed by atoms with E-state index in [0.717, 1.165) is 16.8 Å². The van der Waals surface area contributed by atoms with Gasteiger partial charge < -0.3 is 19.9 Å². The number of para-hydroxylation sites is 2. The summed E-state index contributed by atoms with van der Waals surface area (Å²) in [6.45, 7) is 3.43. The Morgan fingerprint density at radius 1 is 1.21 bits per heavy atom. The predicted molar refractivity (Wildman–Crippen MR) is 112 cm³/mol. The summed E-state index contributed by atoms with van der Waals surface area (Å²) in [6, 6.07) is 15.3. The second kappa shape index (κ2) is 9.07. The van der Waals surface area contributed by atoms with Crippen molar-refractivity contribution < 1.29 is 14.1 Å². The number of rotatable bonds is 6. The summed E-state index contributed by atoms with van der Waals surface area (Å²) in [5.41, 5.74) is 8.30. The number of carbonyl (C=O) groups excluding carboxylic acids is 1. The van der Waals surface area contributed by atoms with Gasteiger partial charge in [0.2, 0.25) is 17.6 Å². The number of benzene rings is 2. The fourth-order valence-electron chi connectivity index (χ4n) is 3.37. The first kappa shape index (κ1) is 20.8. The Balaban J connectivity index is 0.00000240. The van der Waals surface area contributed by atoms with Crippen LogP contribution < -0.4 is 15.4 Å². The lowest BCUT2D eigenvalue weighted by Gasteiger charge is -2.19. The Bertz CT molecular complexity index is 974. The van der Waals surface area contributed by atoms with Gasteiger partial charge in [-0.3, -0.25) is 4.79 Å². The van der Waals surface area contributed by atoms with E-state index in [-0.39, 0.29) is 24.2 Å². The summed E-state index contributed by atoms with van der Waals surface area (Å²) in [4.78, 5) is 18.9. The molecule has 152 valence electrons. The standard InChI is InChI=1S/C21H22N4O3.ClH/c1-2-27-18-6-4-3-5-17(18)25-13-16(11-19(25)26)21-23-20(24-28-21)15-9-7-14(12-22)8-10-15;/h3-10,16H,2,11-13,22H2,1H3;1H. The highest BCUT2D eigenvalue weighted by Crippen LogP contribution is 2.36. The second-order valence-corrected chi connectivity index (χ2v) is 6.66. The Morgan fingerprint density at radius 3 is 2.69 bits per heavy atom. The maximum Gasteiger partial charge on any atom is 0.232 e. The smallest absolute Gasteiger partial charge is 0.232 e. The molecule has 1 unspecified atom stereocenters. The molecule has 1 aliphatic rings. The molecule has 1 aliphatic heterocycles. The molecule has 2 heterocycles. The highest BCUT2D eigenvalue weighted by molar-refractivity contribution is 5.97. The Hall–Kier alpha value is -2.90. The van der Waals surface area contributed by atoms with E-state index in [1.807, 2.05) is 55.5 Å². The van der Waals surface area contributed by atoms with E-state index >= 15 is 0 Å². The molecule has 0 spiro atoms. The van der Waals surface area contributed by atoms with Crippen LogP contribution in [0.2, 0.25) is 0 Å². The molecule has 3 aromatic rings. The minimum atomic E-state index is -0.147. The van der Waals surface area contributed by atoms with Gasteiger partial charge in [-0.05, 0) is 24.6 Å². The number of nitrogens with two attached hydrogens (primary N) is 1. The molecule has 1 amide bonds. The molecule has 0 bridgehead atoms. The Morgan fingerprint density at radius 2 is 1.97 bits per heavy atom. The highest BCUT2D eigenvalue weighted by atomic mass is 35.5. The van der Waals surface area contributed by atoms with Crippen LogP contribution in [0.1, 0.15) is 30.7 Å². The van der Waals surface area contributed by atoms with Gasteiger partial charge >= 0.3 is 0 Å². The molecular weight excluding hydrogens is 392 g/mol. The number of nitrogens with zero attached hydrogens (tertiary/aromatic N) is 3. The number of aromatic nitrogens is 2. The van der Waals surface area contributed by atoms with Crippen molar-refractivity contribution in [2.45, 2.75) is 25.8 Å². The first-order valence-corrected chi connectivity index (χ1v) is 9.34. The summed E-state index contributed by atoms with van der Waals surface area (Å²) >= 11 is 0. The van der Waals surface area contributed by atoms with Gasteiger partial charge in [-0.15, -0.1) is 12.4 Å². The van der Waals surface area contributed by atoms with Gasteiger partial charge in [-0.1, -0.05) is 41.6 Å². The maximum atomic E-state index is 12.6. The van der Waals surface area contributed by atoms with E-state index in [1.165, 1.54) is 0 Å². The molecular formula is C21H23ClN4O3. The minimum Gasteiger partial charge on any atom is -0.492 e. The third-order valence-corrected chi connectivity index (χ3v) is 4.82. The monoisotopic (exact) mass is 414 g/mol. The van der Waals surface area contributed by atoms with Crippen molar-refractivity contribution in [1.29, 1.82) is 0 Å². The molecule has 29 heavy (non-hydrogen) atoms. The molecule has 0 radical (unpaired) electrons. The van der Waals surface area contributed by atoms with Gasteiger partial charge in [0.05, 0.1) is 18.2 Å². The van der Waals surface area contributed by atoms with Crippen molar-refractivity contribution in [3.8, 4) is 17.1 Å². The van der Waals surface area contributed by atoms with Gasteiger partial charge in [-0.25, -0.2) is 0 Å². The van der Waals surface area contributed by atoms with Crippen molar-refractivity contribution in [3.63, 3.8) is 0 Å². The maximum absolute atomic E-state index is 12.6. The van der Waals surface area contributed by atoms with Crippen LogP contribution in [0.4, 0.5) is 5.69 Å². The van der Waals surface area contributed by atoms with Crippen LogP contribution in [-0.4, -0.2) is 29.2 Å². The zero-order chi connectivity index (χ0) is 19.5. The second-order valence-electron chi connectivity index (χ2n) is 6.66. The molecule has 4 rings (SSSR count). The van der Waals surface area contributed by atoms with Crippen LogP contribution in [0.3, 0.4) is 0 Å².